The van der Waals surface area contributed by atoms with E-state index < -0.39 is 0 Å². The number of amides is 1. The standard InChI is InChI=1S/C19H17N3O2/c23-19(16-7-1-2-10-20-16)22-12-9-15(13-22)24-17-8-3-5-14-6-4-11-21-18(14)17/h1-8,10-11,15H,9,12-13H2. The van der Waals surface area contributed by atoms with E-state index in [9.17, 15) is 4.79 Å². The Hall–Kier alpha value is -2.95. The van der Waals surface area contributed by atoms with Gasteiger partial charge in [0.25, 0.3) is 5.91 Å². The van der Waals surface area contributed by atoms with Gasteiger partial charge in [0.05, 0.1) is 6.54 Å². The molecule has 0 N–H and O–H groups in total. The predicted octanol–water partition coefficient (Wildman–Crippen LogP) is 2.92. The Kier molecular flexibility index (Phi) is 3.83. The molecule has 3 aromatic rings. The Morgan fingerprint density at radius 1 is 1.04 bits per heavy atom. The van der Waals surface area contributed by atoms with Gasteiger partial charge in [-0.2, -0.15) is 0 Å². The molecular weight excluding hydrogens is 302 g/mol. The minimum Gasteiger partial charge on any atom is -0.486 e. The summed E-state index contributed by atoms with van der Waals surface area (Å²) in [5.41, 5.74) is 1.33. The van der Waals surface area contributed by atoms with Crippen LogP contribution in [0.4, 0.5) is 0 Å². The first-order chi connectivity index (χ1) is 11.8. The zero-order valence-electron chi connectivity index (χ0n) is 13.1. The maximum atomic E-state index is 12.5. The van der Waals surface area contributed by atoms with Crippen molar-refractivity contribution in [1.29, 1.82) is 0 Å². The number of carbonyl (C=O) groups is 1. The predicted molar refractivity (Wildman–Crippen MR) is 90.9 cm³/mol. The van der Waals surface area contributed by atoms with Gasteiger partial charge in [-0.3, -0.25) is 14.8 Å². The molecule has 1 atom stereocenters. The highest BCUT2D eigenvalue weighted by molar-refractivity contribution is 5.92. The van der Waals surface area contributed by atoms with Crippen molar-refractivity contribution in [2.45, 2.75) is 12.5 Å². The van der Waals surface area contributed by atoms with Crippen LogP contribution in [-0.2, 0) is 0 Å². The van der Waals surface area contributed by atoms with Crippen molar-refractivity contribution < 1.29 is 9.53 Å². The van der Waals surface area contributed by atoms with Crippen LogP contribution in [0, 0.1) is 0 Å². The maximum absolute atomic E-state index is 12.5. The van der Waals surface area contributed by atoms with Gasteiger partial charge in [-0.05, 0) is 24.3 Å². The number of fused-ring (bicyclic) bond motifs is 1. The van der Waals surface area contributed by atoms with Crippen LogP contribution >= 0.6 is 0 Å². The molecule has 5 nitrogen and oxygen atoms in total. The number of nitrogens with zero attached hydrogens (tertiary/aromatic N) is 3. The molecule has 4 rings (SSSR count). The van der Waals surface area contributed by atoms with Gasteiger partial charge in [-0.25, -0.2) is 0 Å². The summed E-state index contributed by atoms with van der Waals surface area (Å²) in [5, 5.41) is 1.05. The first-order valence-electron chi connectivity index (χ1n) is 8.02. The summed E-state index contributed by atoms with van der Waals surface area (Å²) in [4.78, 5) is 22.8. The average molecular weight is 319 g/mol. The van der Waals surface area contributed by atoms with E-state index in [0.29, 0.717) is 18.8 Å². The lowest BCUT2D eigenvalue weighted by atomic mass is 10.2. The molecule has 1 aliphatic rings. The molecule has 120 valence electrons. The second-order valence-electron chi connectivity index (χ2n) is 5.83. The van der Waals surface area contributed by atoms with E-state index in [2.05, 4.69) is 9.97 Å². The van der Waals surface area contributed by atoms with Crippen LogP contribution < -0.4 is 4.74 Å². The Bertz CT molecular complexity index is 861. The summed E-state index contributed by atoms with van der Waals surface area (Å²) >= 11 is 0. The lowest BCUT2D eigenvalue weighted by Gasteiger charge is -2.17. The number of aromatic nitrogens is 2. The molecule has 0 radical (unpaired) electrons. The van der Waals surface area contributed by atoms with E-state index in [0.717, 1.165) is 23.1 Å². The molecule has 1 aromatic carbocycles. The van der Waals surface area contributed by atoms with Gasteiger partial charge >= 0.3 is 0 Å². The molecule has 2 aromatic heterocycles. The van der Waals surface area contributed by atoms with Crippen molar-refractivity contribution in [2.24, 2.45) is 0 Å². The van der Waals surface area contributed by atoms with Gasteiger partial charge in [-0.15, -0.1) is 0 Å². The largest absolute Gasteiger partial charge is 0.486 e. The van der Waals surface area contributed by atoms with E-state index in [1.54, 1.807) is 29.4 Å². The van der Waals surface area contributed by atoms with Gasteiger partial charge in [0.1, 0.15) is 23.1 Å². The molecule has 0 saturated carbocycles. The number of benzene rings is 1. The number of carbonyl (C=O) groups excluding carboxylic acids is 1. The Morgan fingerprint density at radius 2 is 1.92 bits per heavy atom. The molecule has 3 heterocycles. The summed E-state index contributed by atoms with van der Waals surface area (Å²) in [7, 11) is 0. The number of likely N-dealkylation sites (tertiary alicyclic amines) is 1. The fourth-order valence-corrected chi connectivity index (χ4v) is 3.01. The van der Waals surface area contributed by atoms with Crippen LogP contribution in [0.2, 0.25) is 0 Å². The van der Waals surface area contributed by atoms with Gasteiger partial charge < -0.3 is 9.64 Å². The molecule has 1 unspecified atom stereocenters. The van der Waals surface area contributed by atoms with Crippen molar-refractivity contribution in [3.8, 4) is 5.75 Å². The molecule has 0 spiro atoms. The fraction of sp³-hybridized carbons (Fsp3) is 0.211. The van der Waals surface area contributed by atoms with E-state index in [-0.39, 0.29) is 12.0 Å². The van der Waals surface area contributed by atoms with Crippen molar-refractivity contribution in [3.05, 3.63) is 66.6 Å². The number of ether oxygens (including phenoxy) is 1. The van der Waals surface area contributed by atoms with Crippen LogP contribution in [0.25, 0.3) is 10.9 Å². The molecule has 5 heteroatoms. The van der Waals surface area contributed by atoms with Gasteiger partial charge in [0.2, 0.25) is 0 Å². The van der Waals surface area contributed by atoms with Crippen LogP contribution in [0.3, 0.4) is 0 Å². The molecule has 1 amide bonds. The molecule has 24 heavy (non-hydrogen) atoms. The number of hydrogen-bond acceptors (Lipinski definition) is 4. The van der Waals surface area contributed by atoms with E-state index in [4.69, 9.17) is 4.74 Å². The monoisotopic (exact) mass is 319 g/mol. The fourth-order valence-electron chi connectivity index (χ4n) is 3.01. The smallest absolute Gasteiger partial charge is 0.272 e. The van der Waals surface area contributed by atoms with Crippen LogP contribution in [0.1, 0.15) is 16.9 Å². The SMILES string of the molecule is O=C(c1ccccn1)N1CCC(Oc2cccc3cccnc23)C1. The summed E-state index contributed by atoms with van der Waals surface area (Å²) in [6, 6.07) is 15.2. The van der Waals surface area contributed by atoms with Gasteiger partial charge in [-0.1, -0.05) is 24.3 Å². The lowest BCUT2D eigenvalue weighted by Crippen LogP contribution is -2.31. The molecule has 1 aliphatic heterocycles. The highest BCUT2D eigenvalue weighted by Crippen LogP contribution is 2.26. The minimum absolute atomic E-state index is 0.0229. The topological polar surface area (TPSA) is 55.3 Å². The summed E-state index contributed by atoms with van der Waals surface area (Å²) in [5.74, 6) is 0.725. The van der Waals surface area contributed by atoms with Crippen molar-refractivity contribution in [1.82, 2.24) is 14.9 Å². The summed E-state index contributed by atoms with van der Waals surface area (Å²) in [6.07, 6.45) is 4.19. The normalized spacial score (nSPS) is 17.2. The maximum Gasteiger partial charge on any atom is 0.272 e. The van der Waals surface area contributed by atoms with Gasteiger partial charge in [0, 0.05) is 30.7 Å². The molecule has 1 fully saturated rings. The third-order valence-electron chi connectivity index (χ3n) is 4.21. The molecule has 1 saturated heterocycles. The van der Waals surface area contributed by atoms with E-state index in [1.165, 1.54) is 0 Å². The molecule has 0 bridgehead atoms. The Labute approximate surface area is 139 Å². The van der Waals surface area contributed by atoms with Crippen molar-refractivity contribution >= 4 is 16.8 Å². The second kappa shape index (κ2) is 6.28. The first kappa shape index (κ1) is 14.6. The third-order valence-corrected chi connectivity index (χ3v) is 4.21. The van der Waals surface area contributed by atoms with Crippen molar-refractivity contribution in [3.63, 3.8) is 0 Å². The first-order valence-corrected chi connectivity index (χ1v) is 8.02. The third kappa shape index (κ3) is 2.80. The van der Waals surface area contributed by atoms with E-state index in [1.807, 2.05) is 36.4 Å². The minimum atomic E-state index is -0.0438. The number of hydrogen-bond donors (Lipinski definition) is 0. The van der Waals surface area contributed by atoms with Crippen LogP contribution in [0.5, 0.6) is 5.75 Å². The molecular formula is C19H17N3O2. The van der Waals surface area contributed by atoms with Crippen molar-refractivity contribution in [2.75, 3.05) is 13.1 Å². The van der Waals surface area contributed by atoms with E-state index >= 15 is 0 Å². The Morgan fingerprint density at radius 3 is 2.79 bits per heavy atom. The zero-order valence-corrected chi connectivity index (χ0v) is 13.1. The Balaban J connectivity index is 1.48. The van der Waals surface area contributed by atoms with Crippen LogP contribution in [0.15, 0.2) is 60.9 Å². The highest BCUT2D eigenvalue weighted by atomic mass is 16.5. The number of pyridine rings is 2. The highest BCUT2D eigenvalue weighted by Gasteiger charge is 2.29. The quantitative estimate of drug-likeness (QED) is 0.745. The summed E-state index contributed by atoms with van der Waals surface area (Å²) in [6.45, 7) is 1.25. The number of rotatable bonds is 3. The van der Waals surface area contributed by atoms with Gasteiger partial charge in [0.15, 0.2) is 0 Å². The molecule has 0 aliphatic carbocycles. The summed E-state index contributed by atoms with van der Waals surface area (Å²) < 4.78 is 6.13. The zero-order chi connectivity index (χ0) is 16.4. The van der Waals surface area contributed by atoms with Crippen LogP contribution in [-0.4, -0.2) is 40.0 Å². The second-order valence-corrected chi connectivity index (χ2v) is 5.83. The lowest BCUT2D eigenvalue weighted by molar-refractivity contribution is 0.0767. The average Bonchev–Trinajstić information content (AvgIpc) is 3.11. The number of para-hydroxylation sites is 1.